The van der Waals surface area contributed by atoms with Crippen LogP contribution in [-0.4, -0.2) is 25.5 Å². The molecule has 2 N–H and O–H groups in total. The Morgan fingerprint density at radius 3 is 2.27 bits per heavy atom. The van der Waals surface area contributed by atoms with E-state index in [0.29, 0.717) is 5.92 Å². The topological polar surface area (TPSA) is 41.1 Å². The van der Waals surface area contributed by atoms with Gasteiger partial charge in [0.15, 0.2) is 0 Å². The average molecular weight is 348 g/mol. The number of carbonyl (C=O) groups excluding carboxylic acids is 1. The van der Waals surface area contributed by atoms with E-state index in [1.54, 1.807) is 0 Å². The number of nitrogens with one attached hydrogen (secondary N) is 2. The molecule has 3 heteroatoms. The van der Waals surface area contributed by atoms with E-state index in [1.807, 2.05) is 25.1 Å². The third-order valence-corrected chi connectivity index (χ3v) is 6.36. The van der Waals surface area contributed by atoms with Crippen molar-refractivity contribution in [2.24, 2.45) is 17.8 Å². The Kier molecular flexibility index (Phi) is 5.07. The van der Waals surface area contributed by atoms with Crippen molar-refractivity contribution in [3.05, 3.63) is 60.2 Å². The molecule has 2 fully saturated rings. The Balaban J connectivity index is 1.36. The molecule has 2 aromatic rings. The number of hydrogen-bond donors (Lipinski definition) is 2. The molecule has 0 radical (unpaired) electrons. The standard InChI is InChI=1S/C23H28N2O/c1-16(17-7-9-19(10-8-17)18-5-3-2-4-6-18)23(26)25-15-22-20-11-12-21(22)14-24-13-20/h2-10,16,20-22,24H,11-15H2,1H3,(H,25,26). The highest BCUT2D eigenvalue weighted by atomic mass is 16.1. The van der Waals surface area contributed by atoms with Crippen LogP contribution < -0.4 is 10.6 Å². The Morgan fingerprint density at radius 2 is 1.62 bits per heavy atom. The predicted octanol–water partition coefficient (Wildman–Crippen LogP) is 3.82. The minimum Gasteiger partial charge on any atom is -0.355 e. The molecule has 0 aromatic heterocycles. The second-order valence-electron chi connectivity index (χ2n) is 7.87. The maximum Gasteiger partial charge on any atom is 0.227 e. The van der Waals surface area contributed by atoms with Crippen molar-refractivity contribution in [3.63, 3.8) is 0 Å². The Bertz CT molecular complexity index is 725. The summed E-state index contributed by atoms with van der Waals surface area (Å²) in [6.45, 7) is 5.08. The van der Waals surface area contributed by atoms with Gasteiger partial charge >= 0.3 is 0 Å². The number of benzene rings is 2. The lowest BCUT2D eigenvalue weighted by atomic mass is 9.86. The van der Waals surface area contributed by atoms with Gasteiger partial charge in [-0.3, -0.25) is 4.79 Å². The molecule has 3 atom stereocenters. The van der Waals surface area contributed by atoms with Crippen LogP contribution in [0.25, 0.3) is 11.1 Å². The van der Waals surface area contributed by atoms with Gasteiger partial charge in [0, 0.05) is 6.54 Å². The lowest BCUT2D eigenvalue weighted by molar-refractivity contribution is -0.122. The molecule has 1 heterocycles. The molecule has 3 unspecified atom stereocenters. The van der Waals surface area contributed by atoms with Gasteiger partial charge in [0.2, 0.25) is 5.91 Å². The lowest BCUT2D eigenvalue weighted by Gasteiger charge is -2.31. The third kappa shape index (κ3) is 3.54. The Hall–Kier alpha value is -2.13. The van der Waals surface area contributed by atoms with Gasteiger partial charge in [0.25, 0.3) is 0 Å². The van der Waals surface area contributed by atoms with E-state index < -0.39 is 0 Å². The van der Waals surface area contributed by atoms with Crippen LogP contribution in [0.3, 0.4) is 0 Å². The highest BCUT2D eigenvalue weighted by Crippen LogP contribution is 2.38. The van der Waals surface area contributed by atoms with Gasteiger partial charge in [-0.25, -0.2) is 0 Å². The molecule has 1 saturated carbocycles. The fourth-order valence-electron chi connectivity index (χ4n) is 4.65. The molecule has 1 aliphatic heterocycles. The summed E-state index contributed by atoms with van der Waals surface area (Å²) in [6, 6.07) is 18.7. The summed E-state index contributed by atoms with van der Waals surface area (Å²) in [4.78, 5) is 12.6. The van der Waals surface area contributed by atoms with Crippen LogP contribution in [0.2, 0.25) is 0 Å². The van der Waals surface area contributed by atoms with E-state index in [2.05, 4.69) is 47.0 Å². The summed E-state index contributed by atoms with van der Waals surface area (Å²) < 4.78 is 0. The summed E-state index contributed by atoms with van der Waals surface area (Å²) in [7, 11) is 0. The fourth-order valence-corrected chi connectivity index (χ4v) is 4.65. The average Bonchev–Trinajstić information content (AvgIpc) is 2.92. The smallest absolute Gasteiger partial charge is 0.227 e. The van der Waals surface area contributed by atoms with Crippen LogP contribution in [0.5, 0.6) is 0 Å². The van der Waals surface area contributed by atoms with Crippen molar-refractivity contribution in [2.45, 2.75) is 25.7 Å². The first kappa shape index (κ1) is 17.3. The van der Waals surface area contributed by atoms with Crippen LogP contribution in [0.4, 0.5) is 0 Å². The molecule has 2 aliphatic rings. The number of hydrogen-bond acceptors (Lipinski definition) is 2. The molecule has 3 nitrogen and oxygen atoms in total. The first-order chi connectivity index (χ1) is 12.7. The molecular weight excluding hydrogens is 320 g/mol. The highest BCUT2D eigenvalue weighted by molar-refractivity contribution is 5.83. The van der Waals surface area contributed by atoms with Gasteiger partial charge in [0.1, 0.15) is 0 Å². The van der Waals surface area contributed by atoms with Crippen LogP contribution >= 0.6 is 0 Å². The SMILES string of the molecule is CC(C(=O)NCC1C2CCC1CNC2)c1ccc(-c2ccccc2)cc1. The lowest BCUT2D eigenvalue weighted by Crippen LogP contribution is -2.44. The minimum absolute atomic E-state index is 0.112. The fraction of sp³-hybridized carbons (Fsp3) is 0.435. The van der Waals surface area contributed by atoms with E-state index in [1.165, 1.54) is 24.0 Å². The van der Waals surface area contributed by atoms with E-state index in [0.717, 1.165) is 37.0 Å². The van der Waals surface area contributed by atoms with Crippen molar-refractivity contribution in [1.29, 1.82) is 0 Å². The highest BCUT2D eigenvalue weighted by Gasteiger charge is 2.38. The van der Waals surface area contributed by atoms with E-state index >= 15 is 0 Å². The molecule has 0 spiro atoms. The number of carbonyl (C=O) groups is 1. The molecule has 2 aromatic carbocycles. The molecule has 2 bridgehead atoms. The van der Waals surface area contributed by atoms with Crippen molar-refractivity contribution >= 4 is 5.91 Å². The zero-order chi connectivity index (χ0) is 17.9. The van der Waals surface area contributed by atoms with Crippen LogP contribution in [-0.2, 0) is 4.79 Å². The van der Waals surface area contributed by atoms with E-state index in [4.69, 9.17) is 0 Å². The number of rotatable bonds is 5. The summed E-state index contributed by atoms with van der Waals surface area (Å²) in [5.41, 5.74) is 3.47. The third-order valence-electron chi connectivity index (χ3n) is 6.36. The van der Waals surface area contributed by atoms with Crippen molar-refractivity contribution in [2.75, 3.05) is 19.6 Å². The van der Waals surface area contributed by atoms with Gasteiger partial charge in [0.05, 0.1) is 5.92 Å². The zero-order valence-electron chi connectivity index (χ0n) is 15.4. The van der Waals surface area contributed by atoms with Crippen LogP contribution in [0.1, 0.15) is 31.2 Å². The largest absolute Gasteiger partial charge is 0.355 e. The van der Waals surface area contributed by atoms with Crippen molar-refractivity contribution in [1.82, 2.24) is 10.6 Å². The first-order valence-electron chi connectivity index (χ1n) is 9.86. The first-order valence-corrected chi connectivity index (χ1v) is 9.86. The van der Waals surface area contributed by atoms with Crippen LogP contribution in [0.15, 0.2) is 54.6 Å². The predicted molar refractivity (Wildman–Crippen MR) is 106 cm³/mol. The number of amides is 1. The Labute approximate surface area is 156 Å². The van der Waals surface area contributed by atoms with Crippen LogP contribution in [0, 0.1) is 17.8 Å². The van der Waals surface area contributed by atoms with E-state index in [-0.39, 0.29) is 11.8 Å². The maximum absolute atomic E-state index is 12.6. The van der Waals surface area contributed by atoms with Gasteiger partial charge in [-0.2, -0.15) is 0 Å². The molecule has 1 saturated heterocycles. The van der Waals surface area contributed by atoms with Gasteiger partial charge in [-0.05, 0) is 67.3 Å². The quantitative estimate of drug-likeness (QED) is 0.862. The van der Waals surface area contributed by atoms with Gasteiger partial charge in [-0.1, -0.05) is 54.6 Å². The van der Waals surface area contributed by atoms with Gasteiger partial charge < -0.3 is 10.6 Å². The molecule has 136 valence electrons. The second kappa shape index (κ2) is 7.63. The number of fused-ring (bicyclic) bond motifs is 2. The molecule has 4 rings (SSSR count). The van der Waals surface area contributed by atoms with E-state index in [9.17, 15) is 4.79 Å². The summed E-state index contributed by atoms with van der Waals surface area (Å²) in [6.07, 6.45) is 2.63. The number of piperidine rings is 1. The zero-order valence-corrected chi connectivity index (χ0v) is 15.4. The normalized spacial score (nSPS) is 25.7. The molecule has 26 heavy (non-hydrogen) atoms. The maximum atomic E-state index is 12.6. The summed E-state index contributed by atoms with van der Waals surface area (Å²) in [5, 5.41) is 6.75. The van der Waals surface area contributed by atoms with Gasteiger partial charge in [-0.15, -0.1) is 0 Å². The minimum atomic E-state index is -0.112. The monoisotopic (exact) mass is 348 g/mol. The van der Waals surface area contributed by atoms with Crippen molar-refractivity contribution in [3.8, 4) is 11.1 Å². The van der Waals surface area contributed by atoms with Crippen molar-refractivity contribution < 1.29 is 4.79 Å². The second-order valence-corrected chi connectivity index (χ2v) is 7.87. The Morgan fingerprint density at radius 1 is 1.00 bits per heavy atom. The summed E-state index contributed by atoms with van der Waals surface area (Å²) in [5.74, 6) is 2.19. The molecule has 1 amide bonds. The molecular formula is C23H28N2O. The molecule has 1 aliphatic carbocycles. The summed E-state index contributed by atoms with van der Waals surface area (Å²) >= 11 is 0.